The summed E-state index contributed by atoms with van der Waals surface area (Å²) >= 11 is 0. The highest BCUT2D eigenvalue weighted by Crippen LogP contribution is 2.05. The van der Waals surface area contributed by atoms with Gasteiger partial charge in [0.05, 0.1) is 18.2 Å². The summed E-state index contributed by atoms with van der Waals surface area (Å²) in [6, 6.07) is 0. The van der Waals surface area contributed by atoms with Gasteiger partial charge >= 0.3 is 5.97 Å². The molecule has 0 aromatic heterocycles. The molecule has 0 radical (unpaired) electrons. The lowest BCUT2D eigenvalue weighted by Crippen LogP contribution is -2.26. The van der Waals surface area contributed by atoms with Gasteiger partial charge in [-0.05, 0) is 33.8 Å². The molecule has 1 unspecified atom stereocenters. The van der Waals surface area contributed by atoms with Crippen molar-refractivity contribution in [3.8, 4) is 0 Å². The van der Waals surface area contributed by atoms with E-state index in [1.807, 2.05) is 64.9 Å². The van der Waals surface area contributed by atoms with E-state index in [1.54, 1.807) is 0 Å². The zero-order valence-electron chi connectivity index (χ0n) is 12.9. The minimum atomic E-state index is -0.158. The number of aliphatic imine (C=N–C) groups is 1. The van der Waals surface area contributed by atoms with Gasteiger partial charge in [0.1, 0.15) is 0 Å². The molecular weight excluding hydrogens is 240 g/mol. The maximum absolute atomic E-state index is 11.5. The highest BCUT2D eigenvalue weighted by atomic mass is 16.5. The van der Waals surface area contributed by atoms with Crippen molar-refractivity contribution >= 4 is 11.7 Å². The lowest BCUT2D eigenvalue weighted by molar-refractivity contribution is -0.147. The fourth-order valence-corrected chi connectivity index (χ4v) is 1.75. The average Bonchev–Trinajstić information content (AvgIpc) is 2.28. The van der Waals surface area contributed by atoms with Crippen LogP contribution in [0.1, 0.15) is 34.6 Å². The Kier molecular flexibility index (Phi) is 8.58. The third-order valence-corrected chi connectivity index (χ3v) is 2.42. The number of ether oxygens (including phenoxy) is 1. The molecule has 0 saturated carbocycles. The van der Waals surface area contributed by atoms with E-state index in [-0.39, 0.29) is 11.9 Å². The highest BCUT2D eigenvalue weighted by molar-refractivity contribution is 5.93. The Labute approximate surface area is 116 Å². The first-order chi connectivity index (χ1) is 8.90. The largest absolute Gasteiger partial charge is 0.466 e. The topological polar surface area (TPSA) is 41.9 Å². The predicted molar refractivity (Wildman–Crippen MR) is 80.1 cm³/mol. The molecule has 0 aliphatic carbocycles. The van der Waals surface area contributed by atoms with Gasteiger partial charge in [-0.2, -0.15) is 0 Å². The van der Waals surface area contributed by atoms with Gasteiger partial charge in [-0.3, -0.25) is 9.79 Å². The minimum Gasteiger partial charge on any atom is -0.466 e. The van der Waals surface area contributed by atoms with Crippen LogP contribution >= 0.6 is 0 Å². The molecule has 0 amide bonds. The Morgan fingerprint density at radius 1 is 1.42 bits per heavy atom. The summed E-state index contributed by atoms with van der Waals surface area (Å²) in [4.78, 5) is 17.9. The van der Waals surface area contributed by atoms with Gasteiger partial charge in [0.25, 0.3) is 0 Å². The smallest absolute Gasteiger partial charge is 0.310 e. The zero-order valence-corrected chi connectivity index (χ0v) is 12.9. The van der Waals surface area contributed by atoms with E-state index in [2.05, 4.69) is 4.99 Å². The van der Waals surface area contributed by atoms with Gasteiger partial charge in [-0.1, -0.05) is 13.0 Å². The molecule has 0 saturated heterocycles. The van der Waals surface area contributed by atoms with Crippen LogP contribution < -0.4 is 0 Å². The van der Waals surface area contributed by atoms with Gasteiger partial charge in [0, 0.05) is 25.5 Å². The molecule has 4 nitrogen and oxygen atoms in total. The number of nitrogens with zero attached hydrogens (tertiary/aromatic N) is 2. The lowest BCUT2D eigenvalue weighted by Gasteiger charge is -2.18. The van der Waals surface area contributed by atoms with Crippen LogP contribution in [0.5, 0.6) is 0 Å². The third kappa shape index (κ3) is 8.19. The van der Waals surface area contributed by atoms with Gasteiger partial charge in [0.2, 0.25) is 0 Å². The van der Waals surface area contributed by atoms with Crippen LogP contribution in [0.2, 0.25) is 0 Å². The first-order valence-corrected chi connectivity index (χ1v) is 6.64. The lowest BCUT2D eigenvalue weighted by atomic mass is 10.2. The number of hydrogen-bond donors (Lipinski definition) is 0. The summed E-state index contributed by atoms with van der Waals surface area (Å²) in [6.07, 6.45) is 5.85. The number of allylic oxidation sites excluding steroid dienone is 3. The number of rotatable bonds is 7. The maximum atomic E-state index is 11.5. The van der Waals surface area contributed by atoms with Crippen molar-refractivity contribution in [2.75, 3.05) is 20.2 Å². The SMILES string of the molecule is C\C=C/C(C)=N/C(C)=C/N(C)CC(C)C(=O)OCC. The molecule has 0 aromatic carbocycles. The maximum Gasteiger partial charge on any atom is 0.310 e. The van der Waals surface area contributed by atoms with E-state index in [9.17, 15) is 4.79 Å². The van der Waals surface area contributed by atoms with Crippen LogP contribution in [0.25, 0.3) is 0 Å². The van der Waals surface area contributed by atoms with Gasteiger partial charge in [-0.15, -0.1) is 0 Å². The van der Waals surface area contributed by atoms with Gasteiger partial charge in [0.15, 0.2) is 0 Å². The molecule has 0 heterocycles. The van der Waals surface area contributed by atoms with Gasteiger partial charge < -0.3 is 9.64 Å². The van der Waals surface area contributed by atoms with Crippen molar-refractivity contribution in [3.05, 3.63) is 24.0 Å². The Morgan fingerprint density at radius 2 is 2.05 bits per heavy atom. The molecule has 1 atom stereocenters. The molecule has 0 rings (SSSR count). The van der Waals surface area contributed by atoms with E-state index in [1.165, 1.54) is 0 Å². The number of carbonyl (C=O) groups is 1. The molecule has 0 aromatic rings. The molecule has 0 fully saturated rings. The number of carbonyl (C=O) groups excluding carboxylic acids is 1. The van der Waals surface area contributed by atoms with E-state index >= 15 is 0 Å². The van der Waals surface area contributed by atoms with Crippen LogP contribution in [0.4, 0.5) is 0 Å². The summed E-state index contributed by atoms with van der Waals surface area (Å²) in [5, 5.41) is 0. The summed E-state index contributed by atoms with van der Waals surface area (Å²) in [7, 11) is 1.93. The summed E-state index contributed by atoms with van der Waals surface area (Å²) in [6.45, 7) is 10.6. The monoisotopic (exact) mass is 266 g/mol. The molecule has 0 aliphatic rings. The molecule has 0 aliphatic heterocycles. The Hall–Kier alpha value is -1.58. The zero-order chi connectivity index (χ0) is 14.8. The van der Waals surface area contributed by atoms with Crippen LogP contribution in [-0.4, -0.2) is 36.8 Å². The Bertz CT molecular complexity index is 370. The highest BCUT2D eigenvalue weighted by Gasteiger charge is 2.14. The second-order valence-corrected chi connectivity index (χ2v) is 4.62. The number of esters is 1. The van der Waals surface area contributed by atoms with Crippen molar-refractivity contribution in [1.82, 2.24) is 4.90 Å². The Morgan fingerprint density at radius 3 is 2.58 bits per heavy atom. The molecule has 4 heteroatoms. The molecule has 0 spiro atoms. The second kappa shape index (κ2) is 9.36. The van der Waals surface area contributed by atoms with E-state index in [0.717, 1.165) is 11.4 Å². The fourth-order valence-electron chi connectivity index (χ4n) is 1.75. The first-order valence-electron chi connectivity index (χ1n) is 6.64. The average molecular weight is 266 g/mol. The van der Waals surface area contributed by atoms with Crippen LogP contribution in [0.15, 0.2) is 29.0 Å². The third-order valence-electron chi connectivity index (χ3n) is 2.42. The molecule has 0 bridgehead atoms. The van der Waals surface area contributed by atoms with Crippen molar-refractivity contribution in [1.29, 1.82) is 0 Å². The number of hydrogen-bond acceptors (Lipinski definition) is 4. The normalized spacial score (nSPS) is 14.6. The summed E-state index contributed by atoms with van der Waals surface area (Å²) in [5.41, 5.74) is 1.87. The predicted octanol–water partition coefficient (Wildman–Crippen LogP) is 3.02. The standard InChI is InChI=1S/C15H26N2O2/c1-7-9-13(4)16-14(5)11-17(6)10-12(3)15(18)19-8-2/h7,9,11-12H,8,10H2,1-6H3/b9-7-,14-11+,16-13+. The molecular formula is C15H26N2O2. The van der Waals surface area contributed by atoms with E-state index in [0.29, 0.717) is 13.2 Å². The summed E-state index contributed by atoms with van der Waals surface area (Å²) < 4.78 is 4.98. The Balaban J connectivity index is 4.47. The van der Waals surface area contributed by atoms with Crippen molar-refractivity contribution in [2.24, 2.45) is 10.9 Å². The van der Waals surface area contributed by atoms with Crippen LogP contribution in [-0.2, 0) is 9.53 Å². The quantitative estimate of drug-likeness (QED) is 0.525. The second-order valence-electron chi connectivity index (χ2n) is 4.62. The van der Waals surface area contributed by atoms with E-state index in [4.69, 9.17) is 4.74 Å². The minimum absolute atomic E-state index is 0.144. The fraction of sp³-hybridized carbons (Fsp3) is 0.600. The molecule has 108 valence electrons. The van der Waals surface area contributed by atoms with Crippen LogP contribution in [0.3, 0.4) is 0 Å². The van der Waals surface area contributed by atoms with Crippen molar-refractivity contribution < 1.29 is 9.53 Å². The van der Waals surface area contributed by atoms with E-state index < -0.39 is 0 Å². The van der Waals surface area contributed by atoms with Gasteiger partial charge in [-0.25, -0.2) is 0 Å². The molecule has 19 heavy (non-hydrogen) atoms. The summed E-state index contributed by atoms with van der Waals surface area (Å²) in [5.74, 6) is -0.302. The first kappa shape index (κ1) is 17.4. The van der Waals surface area contributed by atoms with Crippen molar-refractivity contribution in [2.45, 2.75) is 34.6 Å². The van der Waals surface area contributed by atoms with Crippen LogP contribution in [0, 0.1) is 5.92 Å². The molecule has 0 N–H and O–H groups in total. The van der Waals surface area contributed by atoms with Crippen molar-refractivity contribution in [3.63, 3.8) is 0 Å².